The van der Waals surface area contributed by atoms with E-state index in [0.29, 0.717) is 19.4 Å². The number of nitrogens with zero attached hydrogens (tertiary/aromatic N) is 1. The summed E-state index contributed by atoms with van der Waals surface area (Å²) < 4.78 is 0. The van der Waals surface area contributed by atoms with Crippen LogP contribution in [0.25, 0.3) is 0 Å². The van der Waals surface area contributed by atoms with Crippen LogP contribution in [-0.2, 0) is 20.8 Å². The first-order chi connectivity index (χ1) is 12.0. The van der Waals surface area contributed by atoms with Gasteiger partial charge < -0.3 is 15.3 Å². The Morgan fingerprint density at radius 2 is 1.96 bits per heavy atom. The zero-order valence-electron chi connectivity index (χ0n) is 14.5. The largest absolute Gasteiger partial charge is 0.480 e. The molecule has 2 fully saturated rings. The number of carboxylic acid groups (broad SMARTS) is 1. The predicted molar refractivity (Wildman–Crippen MR) is 93.3 cm³/mol. The molecular formula is C19H24N2O4. The molecule has 2 N–H and O–H groups in total. The minimum absolute atomic E-state index is 0.0863. The number of hydrogen-bond acceptors (Lipinski definition) is 3. The van der Waals surface area contributed by atoms with Crippen LogP contribution >= 0.6 is 0 Å². The molecule has 0 radical (unpaired) electrons. The molecule has 2 amide bonds. The van der Waals surface area contributed by atoms with E-state index in [1.165, 1.54) is 0 Å². The molecule has 134 valence electrons. The van der Waals surface area contributed by atoms with Crippen molar-refractivity contribution >= 4 is 23.5 Å². The minimum Gasteiger partial charge on any atom is -0.480 e. The maximum Gasteiger partial charge on any atom is 0.329 e. The van der Waals surface area contributed by atoms with Crippen LogP contribution in [0.15, 0.2) is 24.3 Å². The highest BCUT2D eigenvalue weighted by Crippen LogP contribution is 2.32. The molecule has 1 unspecified atom stereocenters. The molecule has 1 aliphatic heterocycles. The van der Waals surface area contributed by atoms with Crippen LogP contribution in [0.5, 0.6) is 0 Å². The molecule has 0 spiro atoms. The van der Waals surface area contributed by atoms with Crippen LogP contribution in [0.3, 0.4) is 0 Å². The van der Waals surface area contributed by atoms with Crippen LogP contribution in [0.1, 0.15) is 44.6 Å². The average Bonchev–Trinajstić information content (AvgIpc) is 3.22. The van der Waals surface area contributed by atoms with Gasteiger partial charge in [-0.3, -0.25) is 9.59 Å². The van der Waals surface area contributed by atoms with Crippen molar-refractivity contribution in [3.63, 3.8) is 0 Å². The highest BCUT2D eigenvalue weighted by atomic mass is 16.4. The lowest BCUT2D eigenvalue weighted by Crippen LogP contribution is -2.54. The molecule has 2 aliphatic rings. The molecule has 1 aromatic carbocycles. The van der Waals surface area contributed by atoms with Gasteiger partial charge in [-0.2, -0.15) is 0 Å². The average molecular weight is 344 g/mol. The van der Waals surface area contributed by atoms with Crippen LogP contribution in [0.4, 0.5) is 5.69 Å². The van der Waals surface area contributed by atoms with Gasteiger partial charge in [0.1, 0.15) is 5.54 Å². The number of rotatable bonds is 5. The maximum atomic E-state index is 12.6. The smallest absolute Gasteiger partial charge is 0.329 e. The summed E-state index contributed by atoms with van der Waals surface area (Å²) in [4.78, 5) is 38.3. The van der Waals surface area contributed by atoms with E-state index in [1.807, 2.05) is 31.2 Å². The number of benzene rings is 1. The standard InChI is InChI=1S/C19H24N2O4/c1-2-13-7-3-4-8-15(13)21-12-14(11-16(21)22)17(23)20-19(18(24)25)9-5-6-10-19/h3-4,7-8,14H,2,5-6,9-12H2,1H3,(H,20,23)(H,24,25). The fourth-order valence-electron chi connectivity index (χ4n) is 3.90. The van der Waals surface area contributed by atoms with Gasteiger partial charge in [0.2, 0.25) is 11.8 Å². The third-order valence-electron chi connectivity index (χ3n) is 5.39. The van der Waals surface area contributed by atoms with Crippen molar-refractivity contribution in [2.24, 2.45) is 5.92 Å². The van der Waals surface area contributed by atoms with Gasteiger partial charge in [-0.25, -0.2) is 4.79 Å². The van der Waals surface area contributed by atoms with Gasteiger partial charge in [-0.05, 0) is 30.9 Å². The number of aryl methyl sites for hydroxylation is 1. The molecule has 25 heavy (non-hydrogen) atoms. The lowest BCUT2D eigenvalue weighted by molar-refractivity contribution is -0.148. The molecule has 6 nitrogen and oxygen atoms in total. The quantitative estimate of drug-likeness (QED) is 0.856. The number of aliphatic carboxylic acids is 1. The highest BCUT2D eigenvalue weighted by Gasteiger charge is 2.45. The van der Waals surface area contributed by atoms with Crippen molar-refractivity contribution in [1.29, 1.82) is 0 Å². The van der Waals surface area contributed by atoms with Gasteiger partial charge in [0, 0.05) is 18.7 Å². The molecule has 1 heterocycles. The number of carbonyl (C=O) groups is 3. The Hall–Kier alpha value is -2.37. The Kier molecular flexibility index (Phi) is 4.79. The molecule has 1 saturated heterocycles. The molecule has 0 bridgehead atoms. The number of carbonyl (C=O) groups excluding carboxylic acids is 2. The second-order valence-electron chi connectivity index (χ2n) is 6.97. The first-order valence-electron chi connectivity index (χ1n) is 8.90. The minimum atomic E-state index is -1.16. The van der Waals surface area contributed by atoms with E-state index < -0.39 is 17.4 Å². The summed E-state index contributed by atoms with van der Waals surface area (Å²) in [6.07, 6.45) is 3.44. The summed E-state index contributed by atoms with van der Waals surface area (Å²) >= 11 is 0. The second-order valence-corrected chi connectivity index (χ2v) is 6.97. The van der Waals surface area contributed by atoms with E-state index >= 15 is 0 Å². The Bertz CT molecular complexity index is 694. The third-order valence-corrected chi connectivity index (χ3v) is 5.39. The Morgan fingerprint density at radius 3 is 2.60 bits per heavy atom. The molecule has 0 aromatic heterocycles. The highest BCUT2D eigenvalue weighted by molar-refractivity contribution is 6.01. The number of amides is 2. The SMILES string of the molecule is CCc1ccccc1N1CC(C(=O)NC2(C(=O)O)CCCC2)CC1=O. The molecule has 1 aromatic rings. The number of anilines is 1. The number of para-hydroxylation sites is 1. The fraction of sp³-hybridized carbons (Fsp3) is 0.526. The summed E-state index contributed by atoms with van der Waals surface area (Å²) in [5.41, 5.74) is 0.753. The first-order valence-corrected chi connectivity index (χ1v) is 8.90. The lowest BCUT2D eigenvalue weighted by atomic mass is 9.96. The summed E-state index contributed by atoms with van der Waals surface area (Å²) in [7, 11) is 0. The van der Waals surface area contributed by atoms with Gasteiger partial charge in [-0.1, -0.05) is 38.0 Å². The van der Waals surface area contributed by atoms with Crippen LogP contribution in [-0.4, -0.2) is 35.0 Å². The summed E-state index contributed by atoms with van der Waals surface area (Å²) in [5.74, 6) is -1.89. The first kappa shape index (κ1) is 17.5. The summed E-state index contributed by atoms with van der Waals surface area (Å²) in [6.45, 7) is 2.33. The van der Waals surface area contributed by atoms with E-state index in [2.05, 4.69) is 5.32 Å². The van der Waals surface area contributed by atoms with Crippen LogP contribution in [0, 0.1) is 5.92 Å². The van der Waals surface area contributed by atoms with Crippen molar-refractivity contribution in [3.05, 3.63) is 29.8 Å². The number of carboxylic acids is 1. The summed E-state index contributed by atoms with van der Waals surface area (Å²) in [5, 5.41) is 12.3. The van der Waals surface area contributed by atoms with Crippen molar-refractivity contribution < 1.29 is 19.5 Å². The molecule has 1 atom stereocenters. The van der Waals surface area contributed by atoms with E-state index in [1.54, 1.807) is 4.90 Å². The van der Waals surface area contributed by atoms with Crippen molar-refractivity contribution in [2.45, 2.75) is 51.0 Å². The van der Waals surface area contributed by atoms with Gasteiger partial charge >= 0.3 is 5.97 Å². The molecule has 3 rings (SSSR count). The zero-order chi connectivity index (χ0) is 18.0. The second kappa shape index (κ2) is 6.86. The van der Waals surface area contributed by atoms with Gasteiger partial charge in [0.05, 0.1) is 5.92 Å². The van der Waals surface area contributed by atoms with Crippen molar-refractivity contribution in [1.82, 2.24) is 5.32 Å². The van der Waals surface area contributed by atoms with E-state index in [9.17, 15) is 19.5 Å². The van der Waals surface area contributed by atoms with Crippen LogP contribution in [0.2, 0.25) is 0 Å². The van der Waals surface area contributed by atoms with E-state index in [-0.39, 0.29) is 18.2 Å². The van der Waals surface area contributed by atoms with Gasteiger partial charge in [-0.15, -0.1) is 0 Å². The Morgan fingerprint density at radius 1 is 1.28 bits per heavy atom. The zero-order valence-corrected chi connectivity index (χ0v) is 14.5. The maximum absolute atomic E-state index is 12.6. The van der Waals surface area contributed by atoms with E-state index in [4.69, 9.17) is 0 Å². The van der Waals surface area contributed by atoms with E-state index in [0.717, 1.165) is 30.5 Å². The predicted octanol–water partition coefficient (Wildman–Crippen LogP) is 2.12. The van der Waals surface area contributed by atoms with Gasteiger partial charge in [0.25, 0.3) is 0 Å². The Balaban J connectivity index is 1.74. The Labute approximate surface area is 147 Å². The van der Waals surface area contributed by atoms with Crippen LogP contribution < -0.4 is 10.2 Å². The molecule has 1 aliphatic carbocycles. The number of hydrogen-bond donors (Lipinski definition) is 2. The normalized spacial score (nSPS) is 22.2. The number of nitrogens with one attached hydrogen (secondary N) is 1. The monoisotopic (exact) mass is 344 g/mol. The fourth-order valence-corrected chi connectivity index (χ4v) is 3.90. The van der Waals surface area contributed by atoms with Crippen molar-refractivity contribution in [2.75, 3.05) is 11.4 Å². The van der Waals surface area contributed by atoms with Gasteiger partial charge in [0.15, 0.2) is 0 Å². The lowest BCUT2D eigenvalue weighted by Gasteiger charge is -2.27. The molecule has 6 heteroatoms. The third kappa shape index (κ3) is 3.25. The topological polar surface area (TPSA) is 86.7 Å². The molecule has 1 saturated carbocycles. The summed E-state index contributed by atoms with van der Waals surface area (Å²) in [6, 6.07) is 7.69. The molecular weight excluding hydrogens is 320 g/mol. The van der Waals surface area contributed by atoms with Crippen molar-refractivity contribution in [3.8, 4) is 0 Å².